The second-order valence-electron chi connectivity index (χ2n) is 4.83. The fourth-order valence-corrected chi connectivity index (χ4v) is 1.58. The molecule has 1 aromatic rings. The number of aliphatic hydroxyl groups is 1. The third kappa shape index (κ3) is 6.15. The van der Waals surface area contributed by atoms with Gasteiger partial charge in [0, 0.05) is 31.9 Å². The molecule has 0 aliphatic carbocycles. The summed E-state index contributed by atoms with van der Waals surface area (Å²) in [6.45, 7) is 1.72. The van der Waals surface area contributed by atoms with Crippen molar-refractivity contribution >= 4 is 17.7 Å². The Morgan fingerprint density at radius 3 is 2.62 bits per heavy atom. The van der Waals surface area contributed by atoms with Crippen molar-refractivity contribution < 1.29 is 19.6 Å². The molecule has 1 aromatic carbocycles. The molecule has 0 aliphatic heterocycles. The van der Waals surface area contributed by atoms with Crippen molar-refractivity contribution in [2.45, 2.75) is 12.5 Å². The van der Waals surface area contributed by atoms with Gasteiger partial charge in [-0.1, -0.05) is 0 Å². The Morgan fingerprint density at radius 1 is 1.48 bits per heavy atom. The number of nitrogens with one attached hydrogen (secondary N) is 1. The summed E-state index contributed by atoms with van der Waals surface area (Å²) >= 11 is 0. The van der Waals surface area contributed by atoms with Crippen LogP contribution in [0.25, 0.3) is 6.08 Å². The zero-order chi connectivity index (χ0) is 15.9. The second kappa shape index (κ2) is 7.51. The zero-order valence-electron chi connectivity index (χ0n) is 11.9. The summed E-state index contributed by atoms with van der Waals surface area (Å²) < 4.78 is 4.82. The maximum absolute atomic E-state index is 11.6. The van der Waals surface area contributed by atoms with Crippen LogP contribution in [0, 0.1) is 10.1 Å². The summed E-state index contributed by atoms with van der Waals surface area (Å²) in [5.41, 5.74) is -0.474. The van der Waals surface area contributed by atoms with Crippen LogP contribution in [0.5, 0.6) is 0 Å². The van der Waals surface area contributed by atoms with Crippen LogP contribution in [0.1, 0.15) is 12.5 Å². The van der Waals surface area contributed by atoms with Crippen molar-refractivity contribution in [3.8, 4) is 0 Å². The first kappa shape index (κ1) is 16.8. The standard InChI is InChI=1S/C14H18N2O5/c1-14(18,10-21-2)9-15-13(17)8-5-11-3-6-12(7-4-11)16(19)20/h3-8,18H,9-10H2,1-2H3,(H,15,17)/b8-5+. The van der Waals surface area contributed by atoms with Gasteiger partial charge in [0.15, 0.2) is 0 Å². The predicted octanol–water partition coefficient (Wildman–Crippen LogP) is 1.12. The molecule has 0 spiro atoms. The van der Waals surface area contributed by atoms with Crippen molar-refractivity contribution in [2.24, 2.45) is 0 Å². The van der Waals surface area contributed by atoms with Gasteiger partial charge in [-0.05, 0) is 30.7 Å². The quantitative estimate of drug-likeness (QED) is 0.446. The van der Waals surface area contributed by atoms with Crippen LogP contribution in [0.15, 0.2) is 30.3 Å². The van der Waals surface area contributed by atoms with Crippen molar-refractivity contribution in [3.63, 3.8) is 0 Å². The predicted molar refractivity (Wildman–Crippen MR) is 77.6 cm³/mol. The molecule has 0 aromatic heterocycles. The van der Waals surface area contributed by atoms with Crippen LogP contribution < -0.4 is 5.32 Å². The van der Waals surface area contributed by atoms with Crippen LogP contribution in [0.4, 0.5) is 5.69 Å². The van der Waals surface area contributed by atoms with E-state index in [-0.39, 0.29) is 24.7 Å². The fourth-order valence-electron chi connectivity index (χ4n) is 1.58. The number of rotatable bonds is 7. The molecule has 1 unspecified atom stereocenters. The number of hydrogen-bond acceptors (Lipinski definition) is 5. The number of carbonyl (C=O) groups is 1. The molecular weight excluding hydrogens is 276 g/mol. The number of benzene rings is 1. The SMILES string of the molecule is COCC(C)(O)CNC(=O)/C=C/c1ccc([N+](=O)[O-])cc1. The number of nitrogens with zero attached hydrogens (tertiary/aromatic N) is 1. The molecular formula is C14H18N2O5. The van der Waals surface area contributed by atoms with Crippen LogP contribution in [0.2, 0.25) is 0 Å². The average molecular weight is 294 g/mol. The smallest absolute Gasteiger partial charge is 0.269 e. The van der Waals surface area contributed by atoms with Crippen molar-refractivity contribution in [1.82, 2.24) is 5.32 Å². The maximum Gasteiger partial charge on any atom is 0.269 e. The lowest BCUT2D eigenvalue weighted by Crippen LogP contribution is -2.43. The highest BCUT2D eigenvalue weighted by Crippen LogP contribution is 2.12. The van der Waals surface area contributed by atoms with Gasteiger partial charge in [0.2, 0.25) is 5.91 Å². The Bertz CT molecular complexity index is 523. The lowest BCUT2D eigenvalue weighted by atomic mass is 10.1. The lowest BCUT2D eigenvalue weighted by molar-refractivity contribution is -0.384. The van der Waals surface area contributed by atoms with Gasteiger partial charge in [-0.15, -0.1) is 0 Å². The van der Waals surface area contributed by atoms with E-state index in [9.17, 15) is 20.0 Å². The summed E-state index contributed by atoms with van der Waals surface area (Å²) in [5, 5.41) is 22.8. The fraction of sp³-hybridized carbons (Fsp3) is 0.357. The number of ether oxygens (including phenoxy) is 1. The van der Waals surface area contributed by atoms with E-state index in [1.54, 1.807) is 19.1 Å². The number of methoxy groups -OCH3 is 1. The van der Waals surface area contributed by atoms with E-state index in [4.69, 9.17) is 4.74 Å². The highest BCUT2D eigenvalue weighted by atomic mass is 16.6. The number of nitro benzene ring substituents is 1. The van der Waals surface area contributed by atoms with E-state index < -0.39 is 10.5 Å². The molecule has 7 heteroatoms. The van der Waals surface area contributed by atoms with E-state index in [1.165, 1.54) is 31.4 Å². The van der Waals surface area contributed by atoms with Crippen molar-refractivity contribution in [3.05, 3.63) is 46.0 Å². The van der Waals surface area contributed by atoms with Gasteiger partial charge in [-0.25, -0.2) is 0 Å². The first-order chi connectivity index (χ1) is 9.84. The molecule has 114 valence electrons. The molecule has 0 bridgehead atoms. The molecule has 0 aliphatic rings. The largest absolute Gasteiger partial charge is 0.386 e. The van der Waals surface area contributed by atoms with Gasteiger partial charge < -0.3 is 15.2 Å². The monoisotopic (exact) mass is 294 g/mol. The third-order valence-corrected chi connectivity index (χ3v) is 2.63. The number of hydrogen-bond donors (Lipinski definition) is 2. The minimum Gasteiger partial charge on any atom is -0.386 e. The van der Waals surface area contributed by atoms with Gasteiger partial charge in [0.1, 0.15) is 5.60 Å². The number of carbonyl (C=O) groups excluding carboxylic acids is 1. The maximum atomic E-state index is 11.6. The normalized spacial score (nSPS) is 13.9. The van der Waals surface area contributed by atoms with Crippen LogP contribution >= 0.6 is 0 Å². The molecule has 7 nitrogen and oxygen atoms in total. The molecule has 0 fully saturated rings. The Balaban J connectivity index is 2.52. The van der Waals surface area contributed by atoms with Gasteiger partial charge in [0.05, 0.1) is 11.5 Å². The van der Waals surface area contributed by atoms with Crippen molar-refractivity contribution in [1.29, 1.82) is 0 Å². The lowest BCUT2D eigenvalue weighted by Gasteiger charge is -2.21. The van der Waals surface area contributed by atoms with Crippen molar-refractivity contribution in [2.75, 3.05) is 20.3 Å². The zero-order valence-corrected chi connectivity index (χ0v) is 11.9. The Hall–Kier alpha value is -2.25. The molecule has 1 rings (SSSR count). The van der Waals surface area contributed by atoms with Crippen LogP contribution in [-0.4, -0.2) is 41.8 Å². The molecule has 21 heavy (non-hydrogen) atoms. The third-order valence-electron chi connectivity index (χ3n) is 2.63. The number of nitro groups is 1. The summed E-state index contributed by atoms with van der Waals surface area (Å²) in [4.78, 5) is 21.6. The van der Waals surface area contributed by atoms with E-state index in [2.05, 4.69) is 5.32 Å². The van der Waals surface area contributed by atoms with E-state index in [1.807, 2.05) is 0 Å². The number of amides is 1. The summed E-state index contributed by atoms with van der Waals surface area (Å²) in [6, 6.07) is 5.81. The molecule has 0 saturated heterocycles. The minimum absolute atomic E-state index is 0.00721. The van der Waals surface area contributed by atoms with E-state index in [0.29, 0.717) is 5.56 Å². The van der Waals surface area contributed by atoms with Gasteiger partial charge in [0.25, 0.3) is 5.69 Å². The minimum atomic E-state index is -1.13. The first-order valence-corrected chi connectivity index (χ1v) is 6.26. The first-order valence-electron chi connectivity index (χ1n) is 6.26. The molecule has 1 amide bonds. The Morgan fingerprint density at radius 2 is 2.10 bits per heavy atom. The highest BCUT2D eigenvalue weighted by molar-refractivity contribution is 5.91. The Kier molecular flexibility index (Phi) is 6.01. The van der Waals surface area contributed by atoms with Crippen LogP contribution in [-0.2, 0) is 9.53 Å². The van der Waals surface area contributed by atoms with E-state index in [0.717, 1.165) is 0 Å². The highest BCUT2D eigenvalue weighted by Gasteiger charge is 2.20. The summed E-state index contributed by atoms with van der Waals surface area (Å²) in [7, 11) is 1.46. The van der Waals surface area contributed by atoms with Crippen LogP contribution in [0.3, 0.4) is 0 Å². The molecule has 0 radical (unpaired) electrons. The number of non-ortho nitro benzene ring substituents is 1. The molecule has 2 N–H and O–H groups in total. The van der Waals surface area contributed by atoms with E-state index >= 15 is 0 Å². The van der Waals surface area contributed by atoms with Gasteiger partial charge in [-0.3, -0.25) is 14.9 Å². The average Bonchev–Trinajstić information content (AvgIpc) is 2.43. The summed E-state index contributed by atoms with van der Waals surface area (Å²) in [6.07, 6.45) is 2.83. The topological polar surface area (TPSA) is 102 Å². The second-order valence-corrected chi connectivity index (χ2v) is 4.83. The summed E-state index contributed by atoms with van der Waals surface area (Å²) in [5.74, 6) is -0.371. The van der Waals surface area contributed by atoms with Gasteiger partial charge >= 0.3 is 0 Å². The molecule has 0 heterocycles. The Labute approximate surface area is 122 Å². The molecule has 0 saturated carbocycles. The van der Waals surface area contributed by atoms with Gasteiger partial charge in [-0.2, -0.15) is 0 Å². The molecule has 1 atom stereocenters.